The average Bonchev–Trinajstić information content (AvgIpc) is 2.03. The molecule has 0 aliphatic heterocycles. The third-order valence-corrected chi connectivity index (χ3v) is 1.51. The van der Waals surface area contributed by atoms with Crippen LogP contribution in [0, 0.1) is 0 Å². The van der Waals surface area contributed by atoms with Crippen LogP contribution < -0.4 is 5.32 Å². The topological polar surface area (TPSA) is 30.5 Å². The largest absolute Gasteiger partial charge is 0.382 e. The van der Waals surface area contributed by atoms with Gasteiger partial charge in [-0.1, -0.05) is 6.92 Å². The van der Waals surface area contributed by atoms with Crippen LogP contribution in [0.4, 0.5) is 0 Å². The molecule has 0 bridgehead atoms. The van der Waals surface area contributed by atoms with Crippen LogP contribution in [-0.4, -0.2) is 40.0 Å². The first-order valence-corrected chi connectivity index (χ1v) is 4.10. The molecule has 0 aromatic heterocycles. The molecule has 0 aromatic carbocycles. The van der Waals surface area contributed by atoms with Crippen molar-refractivity contribution in [2.75, 3.05) is 33.9 Å². The molecule has 1 atom stereocenters. The van der Waals surface area contributed by atoms with Gasteiger partial charge >= 0.3 is 0 Å². The summed E-state index contributed by atoms with van der Waals surface area (Å²) in [5.41, 5.74) is 0. The first-order chi connectivity index (χ1) is 5.35. The normalized spacial score (nSPS) is 13.4. The molecular formula is C8H19NO2. The summed E-state index contributed by atoms with van der Waals surface area (Å²) < 4.78 is 10.5. The van der Waals surface area contributed by atoms with E-state index in [2.05, 4.69) is 12.2 Å². The number of ether oxygens (including phenoxy) is 2. The van der Waals surface area contributed by atoms with Crippen molar-refractivity contribution in [2.45, 2.75) is 19.4 Å². The summed E-state index contributed by atoms with van der Waals surface area (Å²) in [5, 5.41) is 3.02. The van der Waals surface area contributed by atoms with Gasteiger partial charge in [0, 0.05) is 13.7 Å². The fraction of sp³-hybridized carbons (Fsp3) is 1.00. The number of nitrogens with one attached hydrogen (secondary N) is 1. The molecule has 1 N–H and O–H groups in total. The number of methoxy groups -OCH3 is 1. The van der Waals surface area contributed by atoms with Crippen molar-refractivity contribution in [1.82, 2.24) is 5.32 Å². The molecule has 0 radical (unpaired) electrons. The third kappa shape index (κ3) is 6.28. The van der Waals surface area contributed by atoms with E-state index in [9.17, 15) is 0 Å². The van der Waals surface area contributed by atoms with Gasteiger partial charge in [0.15, 0.2) is 0 Å². The Morgan fingerprint density at radius 2 is 2.18 bits per heavy atom. The SMILES string of the molecule is CCC(COC)OCCNC. The summed E-state index contributed by atoms with van der Waals surface area (Å²) in [6.45, 7) is 4.46. The zero-order valence-corrected chi connectivity index (χ0v) is 7.72. The van der Waals surface area contributed by atoms with Crippen LogP contribution in [0.3, 0.4) is 0 Å². The molecule has 0 fully saturated rings. The van der Waals surface area contributed by atoms with Crippen LogP contribution in [-0.2, 0) is 9.47 Å². The number of hydrogen-bond acceptors (Lipinski definition) is 3. The maximum absolute atomic E-state index is 5.48. The average molecular weight is 161 g/mol. The lowest BCUT2D eigenvalue weighted by Gasteiger charge is -2.14. The summed E-state index contributed by atoms with van der Waals surface area (Å²) in [5.74, 6) is 0. The minimum absolute atomic E-state index is 0.258. The van der Waals surface area contributed by atoms with Gasteiger partial charge in [0.2, 0.25) is 0 Å². The van der Waals surface area contributed by atoms with Crippen molar-refractivity contribution in [2.24, 2.45) is 0 Å². The lowest BCUT2D eigenvalue weighted by atomic mass is 10.3. The van der Waals surface area contributed by atoms with Crippen LogP contribution in [0.15, 0.2) is 0 Å². The third-order valence-electron chi connectivity index (χ3n) is 1.51. The molecule has 0 aliphatic carbocycles. The maximum atomic E-state index is 5.48. The smallest absolute Gasteiger partial charge is 0.0806 e. The Balaban J connectivity index is 3.20. The highest BCUT2D eigenvalue weighted by atomic mass is 16.5. The van der Waals surface area contributed by atoms with E-state index in [0.717, 1.165) is 19.6 Å². The first-order valence-electron chi connectivity index (χ1n) is 4.10. The molecule has 0 saturated carbocycles. The van der Waals surface area contributed by atoms with Gasteiger partial charge in [-0.3, -0.25) is 0 Å². The van der Waals surface area contributed by atoms with Gasteiger partial charge in [-0.2, -0.15) is 0 Å². The summed E-state index contributed by atoms with van der Waals surface area (Å²) >= 11 is 0. The molecule has 3 heteroatoms. The second-order valence-electron chi connectivity index (χ2n) is 2.46. The molecule has 0 aliphatic rings. The molecule has 1 unspecified atom stereocenters. The fourth-order valence-electron chi connectivity index (χ4n) is 0.797. The molecule has 68 valence electrons. The second-order valence-corrected chi connectivity index (χ2v) is 2.46. The monoisotopic (exact) mass is 161 g/mol. The molecule has 0 saturated heterocycles. The molecule has 3 nitrogen and oxygen atoms in total. The van der Waals surface area contributed by atoms with Crippen LogP contribution >= 0.6 is 0 Å². The van der Waals surface area contributed by atoms with Gasteiger partial charge in [-0.25, -0.2) is 0 Å². The van der Waals surface area contributed by atoms with E-state index in [0.29, 0.717) is 6.61 Å². The molecule has 0 aromatic rings. The standard InChI is InChI=1S/C8H19NO2/c1-4-8(7-10-3)11-6-5-9-2/h8-9H,4-7H2,1-3H3. The quantitative estimate of drug-likeness (QED) is 0.556. The molecule has 0 rings (SSSR count). The lowest BCUT2D eigenvalue weighted by Crippen LogP contribution is -2.23. The van der Waals surface area contributed by atoms with Gasteiger partial charge in [0.25, 0.3) is 0 Å². The Hall–Kier alpha value is -0.120. The van der Waals surface area contributed by atoms with Crippen LogP contribution in [0.25, 0.3) is 0 Å². The maximum Gasteiger partial charge on any atom is 0.0806 e. The van der Waals surface area contributed by atoms with E-state index >= 15 is 0 Å². The van der Waals surface area contributed by atoms with Crippen molar-refractivity contribution < 1.29 is 9.47 Å². The minimum atomic E-state index is 0.258. The number of hydrogen-bond donors (Lipinski definition) is 1. The highest BCUT2D eigenvalue weighted by Gasteiger charge is 2.03. The van der Waals surface area contributed by atoms with Gasteiger partial charge in [0.1, 0.15) is 0 Å². The van der Waals surface area contributed by atoms with E-state index in [1.165, 1.54) is 0 Å². The summed E-state index contributed by atoms with van der Waals surface area (Å²) in [4.78, 5) is 0. The first kappa shape index (κ1) is 10.9. The molecule has 0 spiro atoms. The van der Waals surface area contributed by atoms with E-state index in [1.54, 1.807) is 7.11 Å². The Kier molecular flexibility index (Phi) is 7.89. The second kappa shape index (κ2) is 7.98. The fourth-order valence-corrected chi connectivity index (χ4v) is 0.797. The van der Waals surface area contributed by atoms with Crippen LogP contribution in [0.1, 0.15) is 13.3 Å². The Morgan fingerprint density at radius 3 is 2.64 bits per heavy atom. The molecule has 0 amide bonds. The predicted octanol–water partition coefficient (Wildman–Crippen LogP) is 0.647. The highest BCUT2D eigenvalue weighted by Crippen LogP contribution is 1.96. The zero-order valence-electron chi connectivity index (χ0n) is 7.72. The van der Waals surface area contributed by atoms with E-state index in [4.69, 9.17) is 9.47 Å². The van der Waals surface area contributed by atoms with E-state index in [1.807, 2.05) is 7.05 Å². The summed E-state index contributed by atoms with van der Waals surface area (Å²) in [7, 11) is 3.62. The Bertz CT molecular complexity index is 78.5. The number of likely N-dealkylation sites (N-methyl/N-ethyl adjacent to an activating group) is 1. The number of rotatable bonds is 7. The highest BCUT2D eigenvalue weighted by molar-refractivity contribution is 4.52. The van der Waals surface area contributed by atoms with Crippen molar-refractivity contribution in [3.63, 3.8) is 0 Å². The molecule has 11 heavy (non-hydrogen) atoms. The molecule has 0 heterocycles. The van der Waals surface area contributed by atoms with Crippen LogP contribution in [0.2, 0.25) is 0 Å². The van der Waals surface area contributed by atoms with Gasteiger partial charge in [-0.05, 0) is 13.5 Å². The van der Waals surface area contributed by atoms with E-state index in [-0.39, 0.29) is 6.10 Å². The Labute approximate surface area is 69.1 Å². The molecular weight excluding hydrogens is 142 g/mol. The van der Waals surface area contributed by atoms with Crippen molar-refractivity contribution in [1.29, 1.82) is 0 Å². The van der Waals surface area contributed by atoms with Crippen LogP contribution in [0.5, 0.6) is 0 Å². The van der Waals surface area contributed by atoms with Gasteiger partial charge in [0.05, 0.1) is 19.3 Å². The van der Waals surface area contributed by atoms with Gasteiger partial charge < -0.3 is 14.8 Å². The van der Waals surface area contributed by atoms with E-state index < -0.39 is 0 Å². The van der Waals surface area contributed by atoms with Crippen molar-refractivity contribution in [3.8, 4) is 0 Å². The lowest BCUT2D eigenvalue weighted by molar-refractivity contribution is -0.00162. The zero-order chi connectivity index (χ0) is 8.53. The predicted molar refractivity (Wildman–Crippen MR) is 45.8 cm³/mol. The minimum Gasteiger partial charge on any atom is -0.382 e. The summed E-state index contributed by atoms with van der Waals surface area (Å²) in [6.07, 6.45) is 1.27. The van der Waals surface area contributed by atoms with Crippen molar-refractivity contribution >= 4 is 0 Å². The van der Waals surface area contributed by atoms with Crippen molar-refractivity contribution in [3.05, 3.63) is 0 Å². The van der Waals surface area contributed by atoms with Gasteiger partial charge in [-0.15, -0.1) is 0 Å². The Morgan fingerprint density at radius 1 is 1.45 bits per heavy atom. The summed E-state index contributed by atoms with van der Waals surface area (Å²) in [6, 6.07) is 0.